The van der Waals surface area contributed by atoms with Gasteiger partial charge in [-0.25, -0.2) is 27.8 Å². The Morgan fingerprint density at radius 1 is 1.32 bits per heavy atom. The van der Waals surface area contributed by atoms with E-state index in [4.69, 9.17) is 11.6 Å². The number of pyridine rings is 1. The molecule has 1 fully saturated rings. The van der Waals surface area contributed by atoms with Gasteiger partial charge >= 0.3 is 0 Å². The normalized spacial score (nSPS) is 17.8. The molecule has 3 aromatic heterocycles. The average molecular weight is 467 g/mol. The molecule has 4 rings (SSSR count). The molecular weight excluding hydrogens is 443 g/mol. The number of nitrogens with zero attached hydrogens (tertiary/aromatic N) is 4. The lowest BCUT2D eigenvalue weighted by Gasteiger charge is -2.34. The van der Waals surface area contributed by atoms with E-state index in [1.807, 2.05) is 6.92 Å². The lowest BCUT2D eigenvalue weighted by molar-refractivity contribution is 0.261. The topological polar surface area (TPSA) is 104 Å². The Labute approximate surface area is 185 Å². The van der Waals surface area contributed by atoms with Gasteiger partial charge in [0, 0.05) is 42.5 Å². The van der Waals surface area contributed by atoms with Crippen molar-refractivity contribution in [2.45, 2.75) is 38.6 Å². The fraction of sp³-hybridized carbons (Fsp3) is 0.450. The Balaban J connectivity index is 1.57. The van der Waals surface area contributed by atoms with Gasteiger partial charge in [0.1, 0.15) is 5.65 Å². The minimum Gasteiger partial charge on any atom is -0.366 e. The minimum atomic E-state index is -3.33. The van der Waals surface area contributed by atoms with E-state index in [0.29, 0.717) is 35.0 Å². The van der Waals surface area contributed by atoms with Gasteiger partial charge < -0.3 is 10.3 Å². The van der Waals surface area contributed by atoms with Crippen LogP contribution >= 0.6 is 11.6 Å². The first-order valence-electron chi connectivity index (χ1n) is 10.3. The zero-order valence-electron chi connectivity index (χ0n) is 17.1. The maximum Gasteiger partial charge on any atom is 0.214 e. The van der Waals surface area contributed by atoms with Crippen LogP contribution in [0.1, 0.15) is 32.6 Å². The largest absolute Gasteiger partial charge is 0.366 e. The summed E-state index contributed by atoms with van der Waals surface area (Å²) < 4.78 is 41.2. The van der Waals surface area contributed by atoms with Gasteiger partial charge in [0.25, 0.3) is 0 Å². The molecular formula is C20H24ClFN6O2S. The number of fused-ring (bicyclic) bond motifs is 1. The van der Waals surface area contributed by atoms with Crippen LogP contribution in [0.15, 0.2) is 24.7 Å². The quantitative estimate of drug-likeness (QED) is 0.548. The summed E-state index contributed by atoms with van der Waals surface area (Å²) in [5.74, 6) is -0.128. The summed E-state index contributed by atoms with van der Waals surface area (Å²) in [6, 6.07) is 1.51. The monoisotopic (exact) mass is 466 g/mol. The van der Waals surface area contributed by atoms with Crippen LogP contribution in [0.3, 0.4) is 0 Å². The van der Waals surface area contributed by atoms with E-state index >= 15 is 0 Å². The minimum absolute atomic E-state index is 0.0350. The first kappa shape index (κ1) is 21.9. The molecule has 0 aromatic carbocycles. The summed E-state index contributed by atoms with van der Waals surface area (Å²) in [5, 5.41) is 4.21. The molecule has 0 saturated carbocycles. The van der Waals surface area contributed by atoms with E-state index in [-0.39, 0.29) is 24.2 Å². The molecule has 0 unspecified atom stereocenters. The number of rotatable bonds is 7. The molecule has 4 heterocycles. The molecule has 1 saturated heterocycles. The molecule has 0 spiro atoms. The summed E-state index contributed by atoms with van der Waals surface area (Å²) in [4.78, 5) is 15.7. The van der Waals surface area contributed by atoms with Gasteiger partial charge in [0.05, 0.1) is 17.0 Å². The van der Waals surface area contributed by atoms with Gasteiger partial charge in [-0.3, -0.25) is 0 Å². The van der Waals surface area contributed by atoms with E-state index < -0.39 is 15.8 Å². The van der Waals surface area contributed by atoms with Crippen molar-refractivity contribution in [1.82, 2.24) is 24.2 Å². The summed E-state index contributed by atoms with van der Waals surface area (Å²) in [6.07, 6.45) is 7.40. The van der Waals surface area contributed by atoms with Gasteiger partial charge in [-0.15, -0.1) is 0 Å². The van der Waals surface area contributed by atoms with Crippen LogP contribution in [0.2, 0.25) is 5.02 Å². The summed E-state index contributed by atoms with van der Waals surface area (Å²) in [7, 11) is -3.33. The second-order valence-electron chi connectivity index (χ2n) is 7.60. The van der Waals surface area contributed by atoms with Crippen LogP contribution in [-0.2, 0) is 10.0 Å². The molecule has 31 heavy (non-hydrogen) atoms. The molecule has 2 N–H and O–H groups in total. The number of sulfonamides is 1. The van der Waals surface area contributed by atoms with Gasteiger partial charge in [-0.1, -0.05) is 24.9 Å². The number of piperidine rings is 1. The Hall–Kier alpha value is -2.30. The summed E-state index contributed by atoms with van der Waals surface area (Å²) in [5.41, 5.74) is 1.28. The van der Waals surface area contributed by atoms with Crippen molar-refractivity contribution in [3.8, 4) is 11.4 Å². The van der Waals surface area contributed by atoms with Gasteiger partial charge in [0.15, 0.2) is 17.5 Å². The molecule has 0 radical (unpaired) electrons. The van der Waals surface area contributed by atoms with Crippen LogP contribution in [0.4, 0.5) is 10.2 Å². The number of H-pyrrole nitrogens is 1. The lowest BCUT2D eigenvalue weighted by atomic mass is 10.1. The highest BCUT2D eigenvalue weighted by Crippen LogP contribution is 2.28. The zero-order chi connectivity index (χ0) is 22.0. The Morgan fingerprint density at radius 3 is 2.97 bits per heavy atom. The van der Waals surface area contributed by atoms with Crippen LogP contribution in [-0.4, -0.2) is 57.5 Å². The van der Waals surface area contributed by atoms with Gasteiger partial charge in [-0.2, -0.15) is 4.31 Å². The molecule has 0 aliphatic carbocycles. The van der Waals surface area contributed by atoms with Crippen molar-refractivity contribution >= 4 is 38.5 Å². The number of anilines is 1. The third-order valence-corrected chi connectivity index (χ3v) is 7.71. The smallest absolute Gasteiger partial charge is 0.214 e. The van der Waals surface area contributed by atoms with Crippen LogP contribution < -0.4 is 5.32 Å². The number of nitrogens with one attached hydrogen (secondary N) is 2. The highest BCUT2D eigenvalue weighted by molar-refractivity contribution is 7.89. The molecule has 3 aromatic rings. The molecule has 11 heteroatoms. The molecule has 1 aliphatic rings. The number of hydrogen-bond acceptors (Lipinski definition) is 6. The maximum atomic E-state index is 14.4. The highest BCUT2D eigenvalue weighted by Gasteiger charge is 2.31. The van der Waals surface area contributed by atoms with Gasteiger partial charge in [-0.05, 0) is 25.3 Å². The van der Waals surface area contributed by atoms with Crippen molar-refractivity contribution in [1.29, 1.82) is 0 Å². The number of hydrogen-bond donors (Lipinski definition) is 2. The Bertz CT molecular complexity index is 1190. The van der Waals surface area contributed by atoms with E-state index in [2.05, 4.69) is 25.3 Å². The fourth-order valence-corrected chi connectivity index (χ4v) is 5.87. The van der Waals surface area contributed by atoms with Crippen molar-refractivity contribution < 1.29 is 12.8 Å². The van der Waals surface area contributed by atoms with Crippen molar-refractivity contribution in [2.24, 2.45) is 0 Å². The van der Waals surface area contributed by atoms with E-state index in [0.717, 1.165) is 30.8 Å². The second kappa shape index (κ2) is 9.05. The lowest BCUT2D eigenvalue weighted by Crippen LogP contribution is -2.47. The van der Waals surface area contributed by atoms with Crippen molar-refractivity contribution in [3.05, 3.63) is 35.5 Å². The van der Waals surface area contributed by atoms with E-state index in [1.165, 1.54) is 6.20 Å². The number of aromatic amines is 1. The molecule has 1 atom stereocenters. The first-order valence-corrected chi connectivity index (χ1v) is 12.3. The van der Waals surface area contributed by atoms with Crippen LogP contribution in [0.25, 0.3) is 22.4 Å². The van der Waals surface area contributed by atoms with Gasteiger partial charge in [0.2, 0.25) is 10.0 Å². The zero-order valence-corrected chi connectivity index (χ0v) is 18.7. The van der Waals surface area contributed by atoms with E-state index in [1.54, 1.807) is 16.6 Å². The highest BCUT2D eigenvalue weighted by atomic mass is 35.5. The first-order chi connectivity index (χ1) is 14.9. The third-order valence-electron chi connectivity index (χ3n) is 5.38. The predicted molar refractivity (Wildman–Crippen MR) is 119 cm³/mol. The molecule has 8 nitrogen and oxygen atoms in total. The fourth-order valence-electron chi connectivity index (χ4n) is 3.92. The Kier molecular flexibility index (Phi) is 6.40. The maximum absolute atomic E-state index is 14.4. The van der Waals surface area contributed by atoms with Crippen LogP contribution in [0.5, 0.6) is 0 Å². The summed E-state index contributed by atoms with van der Waals surface area (Å²) in [6.45, 7) is 2.62. The Morgan fingerprint density at radius 2 is 2.16 bits per heavy atom. The second-order valence-corrected chi connectivity index (χ2v) is 10.1. The van der Waals surface area contributed by atoms with Crippen LogP contribution in [0, 0.1) is 5.82 Å². The van der Waals surface area contributed by atoms with Crippen molar-refractivity contribution in [3.63, 3.8) is 0 Å². The number of aromatic nitrogens is 4. The summed E-state index contributed by atoms with van der Waals surface area (Å²) >= 11 is 6.06. The molecule has 166 valence electrons. The third kappa shape index (κ3) is 4.65. The molecule has 1 aliphatic heterocycles. The number of halogens is 2. The average Bonchev–Trinajstić information content (AvgIpc) is 3.16. The SMILES string of the molecule is CCCS(=O)(=O)N1CCCC[C@@H]1CNc1nc(-c2c[nH]c3ncc(Cl)cc23)ncc1F. The van der Waals surface area contributed by atoms with Crippen molar-refractivity contribution in [2.75, 3.05) is 24.2 Å². The molecule has 0 bridgehead atoms. The standard InChI is InChI=1S/C20H24ClFN6O2S/c1-2-7-31(29,30)28-6-4-3-5-14(28)10-24-20-17(22)12-26-19(27-20)16-11-25-18-15(16)8-13(21)9-23-18/h8-9,11-12,14H,2-7,10H2,1H3,(H,23,25)(H,24,26,27)/t14-/m1/s1. The molecule has 0 amide bonds. The van der Waals surface area contributed by atoms with E-state index in [9.17, 15) is 12.8 Å². The predicted octanol–water partition coefficient (Wildman–Crippen LogP) is 3.82.